The molecule has 0 spiro atoms. The largest absolute Gasteiger partial charge is 0.376 e. The van der Waals surface area contributed by atoms with Crippen LogP contribution in [-0.2, 0) is 6.54 Å². The fourth-order valence-corrected chi connectivity index (χ4v) is 1.35. The topological polar surface area (TPSA) is 54.2 Å². The lowest BCUT2D eigenvalue weighted by molar-refractivity contribution is 0.383. The summed E-state index contributed by atoms with van der Waals surface area (Å²) in [7, 11) is 3.75. The minimum Gasteiger partial charge on any atom is -0.376 e. The van der Waals surface area contributed by atoms with Crippen LogP contribution in [0.5, 0.6) is 0 Å². The molecule has 0 aliphatic carbocycles. The van der Waals surface area contributed by atoms with Gasteiger partial charge in [-0.15, -0.1) is 0 Å². The smallest absolute Gasteiger partial charge is 0.265 e. The van der Waals surface area contributed by atoms with Gasteiger partial charge in [-0.25, -0.2) is 0 Å². The van der Waals surface area contributed by atoms with Gasteiger partial charge in [-0.3, -0.25) is 0 Å². The van der Waals surface area contributed by atoms with E-state index >= 15 is 0 Å². The number of hydrogen-bond acceptors (Lipinski definition) is 5. The molecule has 1 N–H and O–H groups in total. The summed E-state index contributed by atoms with van der Waals surface area (Å²) in [6.07, 6.45) is 0. The first-order chi connectivity index (χ1) is 8.15. The van der Waals surface area contributed by atoms with Crippen molar-refractivity contribution in [2.45, 2.75) is 13.5 Å². The Morgan fingerprint density at radius 1 is 1.24 bits per heavy atom. The summed E-state index contributed by atoms with van der Waals surface area (Å²) < 4.78 is 5.11. The van der Waals surface area contributed by atoms with E-state index in [-0.39, 0.29) is 0 Å². The van der Waals surface area contributed by atoms with E-state index in [1.54, 1.807) is 4.90 Å². The van der Waals surface area contributed by atoms with E-state index < -0.39 is 0 Å². The quantitative estimate of drug-likeness (QED) is 0.874. The van der Waals surface area contributed by atoms with Gasteiger partial charge in [0.15, 0.2) is 0 Å². The van der Waals surface area contributed by atoms with Crippen LogP contribution in [0.15, 0.2) is 28.8 Å². The Labute approximate surface area is 100 Å². The van der Waals surface area contributed by atoms with Crippen LogP contribution in [0.1, 0.15) is 11.5 Å². The minimum atomic E-state index is 0.532. The van der Waals surface area contributed by atoms with Crippen molar-refractivity contribution in [3.63, 3.8) is 0 Å². The Balaban J connectivity index is 1.95. The van der Waals surface area contributed by atoms with Crippen molar-refractivity contribution < 1.29 is 4.52 Å². The number of rotatable bonds is 4. The normalized spacial score (nSPS) is 10.3. The van der Waals surface area contributed by atoms with E-state index in [1.807, 2.05) is 26.2 Å². The molecule has 90 valence electrons. The molecular formula is C12H16N4O. The van der Waals surface area contributed by atoms with Crippen LogP contribution >= 0.6 is 0 Å². The number of anilines is 2. The maximum Gasteiger partial charge on any atom is 0.265 e. The Bertz CT molecular complexity index is 476. The highest BCUT2D eigenvalue weighted by molar-refractivity contribution is 5.44. The molecule has 17 heavy (non-hydrogen) atoms. The van der Waals surface area contributed by atoms with Crippen molar-refractivity contribution in [2.24, 2.45) is 0 Å². The number of aryl methyl sites for hydroxylation is 1. The van der Waals surface area contributed by atoms with Crippen LogP contribution in [0, 0.1) is 6.92 Å². The molecule has 1 aromatic carbocycles. The SMILES string of the molecule is Cc1ccc(NCc2nc(N(C)C)no2)cc1. The van der Waals surface area contributed by atoms with E-state index in [4.69, 9.17) is 4.52 Å². The molecule has 0 aliphatic rings. The highest BCUT2D eigenvalue weighted by Crippen LogP contribution is 2.11. The van der Waals surface area contributed by atoms with Crippen LogP contribution in [0.4, 0.5) is 11.6 Å². The molecule has 0 atom stereocenters. The van der Waals surface area contributed by atoms with Crippen LogP contribution in [0.2, 0.25) is 0 Å². The molecule has 1 heterocycles. The van der Waals surface area contributed by atoms with E-state index in [0.29, 0.717) is 18.4 Å². The molecular weight excluding hydrogens is 216 g/mol. The molecule has 0 saturated heterocycles. The fourth-order valence-electron chi connectivity index (χ4n) is 1.35. The Morgan fingerprint density at radius 3 is 2.53 bits per heavy atom. The maximum absolute atomic E-state index is 5.11. The van der Waals surface area contributed by atoms with Crippen molar-refractivity contribution >= 4 is 11.6 Å². The van der Waals surface area contributed by atoms with Gasteiger partial charge in [0.2, 0.25) is 5.89 Å². The highest BCUT2D eigenvalue weighted by atomic mass is 16.5. The van der Waals surface area contributed by atoms with Gasteiger partial charge < -0.3 is 14.7 Å². The molecule has 0 radical (unpaired) electrons. The second-order valence-electron chi connectivity index (χ2n) is 4.10. The van der Waals surface area contributed by atoms with Crippen molar-refractivity contribution in [1.29, 1.82) is 0 Å². The first-order valence-electron chi connectivity index (χ1n) is 5.45. The summed E-state index contributed by atoms with van der Waals surface area (Å²) in [6.45, 7) is 2.59. The lowest BCUT2D eigenvalue weighted by Crippen LogP contribution is -2.10. The number of aromatic nitrogens is 2. The molecule has 0 saturated carbocycles. The van der Waals surface area contributed by atoms with Crippen LogP contribution in [0.25, 0.3) is 0 Å². The first-order valence-corrected chi connectivity index (χ1v) is 5.45. The lowest BCUT2D eigenvalue weighted by Gasteiger charge is -2.04. The average molecular weight is 232 g/mol. The van der Waals surface area contributed by atoms with E-state index in [1.165, 1.54) is 5.56 Å². The predicted molar refractivity (Wildman–Crippen MR) is 67.1 cm³/mol. The third-order valence-corrected chi connectivity index (χ3v) is 2.35. The average Bonchev–Trinajstić information content (AvgIpc) is 2.77. The third-order valence-electron chi connectivity index (χ3n) is 2.35. The Kier molecular flexibility index (Phi) is 3.27. The molecule has 0 amide bonds. The predicted octanol–water partition coefficient (Wildman–Crippen LogP) is 2.06. The van der Waals surface area contributed by atoms with Gasteiger partial charge in [-0.1, -0.05) is 17.7 Å². The van der Waals surface area contributed by atoms with E-state index in [0.717, 1.165) is 5.69 Å². The summed E-state index contributed by atoms with van der Waals surface area (Å²) in [4.78, 5) is 6.03. The highest BCUT2D eigenvalue weighted by Gasteiger charge is 2.06. The van der Waals surface area contributed by atoms with Gasteiger partial charge in [-0.05, 0) is 24.2 Å². The monoisotopic (exact) mass is 232 g/mol. The number of nitrogens with one attached hydrogen (secondary N) is 1. The molecule has 0 fully saturated rings. The van der Waals surface area contributed by atoms with Gasteiger partial charge in [0.05, 0.1) is 6.54 Å². The van der Waals surface area contributed by atoms with Crippen LogP contribution in [-0.4, -0.2) is 24.2 Å². The van der Waals surface area contributed by atoms with Gasteiger partial charge in [0.1, 0.15) is 0 Å². The third kappa shape index (κ3) is 2.96. The van der Waals surface area contributed by atoms with E-state index in [2.05, 4.69) is 34.5 Å². The lowest BCUT2D eigenvalue weighted by atomic mass is 10.2. The maximum atomic E-state index is 5.11. The zero-order valence-corrected chi connectivity index (χ0v) is 10.3. The van der Waals surface area contributed by atoms with Gasteiger partial charge in [0.25, 0.3) is 5.95 Å². The Hall–Kier alpha value is -2.04. The minimum absolute atomic E-state index is 0.532. The van der Waals surface area contributed by atoms with Gasteiger partial charge in [0, 0.05) is 19.8 Å². The molecule has 2 rings (SSSR count). The first kappa shape index (κ1) is 11.4. The summed E-state index contributed by atoms with van der Waals surface area (Å²) >= 11 is 0. The second-order valence-corrected chi connectivity index (χ2v) is 4.10. The number of nitrogens with zero attached hydrogens (tertiary/aromatic N) is 3. The van der Waals surface area contributed by atoms with Crippen molar-refractivity contribution in [3.05, 3.63) is 35.7 Å². The fraction of sp³-hybridized carbons (Fsp3) is 0.333. The zero-order valence-electron chi connectivity index (χ0n) is 10.3. The van der Waals surface area contributed by atoms with Crippen molar-refractivity contribution in [3.8, 4) is 0 Å². The number of benzene rings is 1. The zero-order chi connectivity index (χ0) is 12.3. The van der Waals surface area contributed by atoms with Gasteiger partial charge >= 0.3 is 0 Å². The summed E-state index contributed by atoms with van der Waals surface area (Å²) in [5, 5.41) is 7.07. The van der Waals surface area contributed by atoms with Crippen LogP contribution < -0.4 is 10.2 Å². The summed E-state index contributed by atoms with van der Waals surface area (Å²) in [6, 6.07) is 8.17. The summed E-state index contributed by atoms with van der Waals surface area (Å²) in [5.41, 5.74) is 2.28. The molecule has 1 aromatic heterocycles. The number of hydrogen-bond donors (Lipinski definition) is 1. The van der Waals surface area contributed by atoms with Crippen molar-refractivity contribution in [1.82, 2.24) is 10.1 Å². The molecule has 0 bridgehead atoms. The molecule has 0 unspecified atom stereocenters. The molecule has 0 aliphatic heterocycles. The molecule has 5 heteroatoms. The van der Waals surface area contributed by atoms with Crippen LogP contribution in [0.3, 0.4) is 0 Å². The summed E-state index contributed by atoms with van der Waals surface area (Å²) in [5.74, 6) is 1.17. The molecule has 2 aromatic rings. The molecule has 5 nitrogen and oxygen atoms in total. The van der Waals surface area contributed by atoms with Gasteiger partial charge in [-0.2, -0.15) is 4.98 Å². The van der Waals surface area contributed by atoms with E-state index in [9.17, 15) is 0 Å². The second kappa shape index (κ2) is 4.86. The Morgan fingerprint density at radius 2 is 1.94 bits per heavy atom. The van der Waals surface area contributed by atoms with Crippen molar-refractivity contribution in [2.75, 3.05) is 24.3 Å². The standard InChI is InChI=1S/C12H16N4O/c1-9-4-6-10(7-5-9)13-8-11-14-12(15-17-11)16(2)3/h4-7,13H,8H2,1-3H3.